The normalized spacial score (nSPS) is 12.7. The zero-order valence-corrected chi connectivity index (χ0v) is 12.2. The summed E-state index contributed by atoms with van der Waals surface area (Å²) in [6.45, 7) is 4.22. The zero-order valence-electron chi connectivity index (χ0n) is 9.83. The first-order valence-corrected chi connectivity index (χ1v) is 7.07. The Labute approximate surface area is 114 Å². The van der Waals surface area contributed by atoms with Crippen molar-refractivity contribution in [1.29, 1.82) is 0 Å². The number of benzene rings is 1. The van der Waals surface area contributed by atoms with E-state index in [4.69, 9.17) is 5.84 Å². The Bertz CT molecular complexity index is 522. The van der Waals surface area contributed by atoms with Gasteiger partial charge in [0, 0.05) is 9.35 Å². The van der Waals surface area contributed by atoms with Gasteiger partial charge in [-0.25, -0.2) is 5.43 Å². The maximum Gasteiger partial charge on any atom is 0.0808 e. The number of rotatable bonds is 3. The molecule has 1 atom stereocenters. The minimum absolute atomic E-state index is 0.0625. The van der Waals surface area contributed by atoms with Gasteiger partial charge in [-0.15, -0.1) is 11.3 Å². The Kier molecular flexibility index (Phi) is 3.99. The van der Waals surface area contributed by atoms with Crippen LogP contribution in [-0.4, -0.2) is 0 Å². The summed E-state index contributed by atoms with van der Waals surface area (Å²) in [4.78, 5) is 1.27. The molecule has 90 valence electrons. The number of thiophene rings is 1. The van der Waals surface area contributed by atoms with Gasteiger partial charge in [-0.1, -0.05) is 22.0 Å². The molecule has 0 radical (unpaired) electrons. The van der Waals surface area contributed by atoms with Crippen LogP contribution in [0.3, 0.4) is 0 Å². The molecule has 0 bridgehead atoms. The standard InChI is InChI=1S/C13H15BrN2S/c1-8-3-4-10(14)7-11(8)12(16-15)13-9(2)5-6-17-13/h3-7,12,16H,15H2,1-2H3. The van der Waals surface area contributed by atoms with E-state index in [0.717, 1.165) is 4.47 Å². The lowest BCUT2D eigenvalue weighted by Crippen LogP contribution is -2.29. The zero-order chi connectivity index (χ0) is 12.4. The first-order valence-electron chi connectivity index (χ1n) is 5.39. The van der Waals surface area contributed by atoms with E-state index in [2.05, 4.69) is 58.8 Å². The minimum Gasteiger partial charge on any atom is -0.271 e. The summed E-state index contributed by atoms with van der Waals surface area (Å²) in [5.41, 5.74) is 6.65. The first kappa shape index (κ1) is 12.8. The molecule has 1 aromatic carbocycles. The fourth-order valence-electron chi connectivity index (χ4n) is 1.91. The second kappa shape index (κ2) is 5.31. The van der Waals surface area contributed by atoms with E-state index in [9.17, 15) is 0 Å². The van der Waals surface area contributed by atoms with Crippen LogP contribution in [0.25, 0.3) is 0 Å². The van der Waals surface area contributed by atoms with Crippen LogP contribution >= 0.6 is 27.3 Å². The summed E-state index contributed by atoms with van der Waals surface area (Å²) in [6.07, 6.45) is 0. The van der Waals surface area contributed by atoms with E-state index >= 15 is 0 Å². The van der Waals surface area contributed by atoms with Crippen LogP contribution in [0, 0.1) is 13.8 Å². The van der Waals surface area contributed by atoms with Crippen LogP contribution in [0.15, 0.2) is 34.1 Å². The number of halogens is 1. The average Bonchev–Trinajstić information content (AvgIpc) is 2.71. The van der Waals surface area contributed by atoms with Gasteiger partial charge in [0.05, 0.1) is 6.04 Å². The quantitative estimate of drug-likeness (QED) is 0.670. The summed E-state index contributed by atoms with van der Waals surface area (Å²) in [5.74, 6) is 5.73. The van der Waals surface area contributed by atoms with Crippen molar-refractivity contribution in [2.24, 2.45) is 5.84 Å². The van der Waals surface area contributed by atoms with E-state index < -0.39 is 0 Å². The van der Waals surface area contributed by atoms with Crippen molar-refractivity contribution in [1.82, 2.24) is 5.43 Å². The van der Waals surface area contributed by atoms with Gasteiger partial charge in [0.25, 0.3) is 0 Å². The first-order chi connectivity index (χ1) is 8.13. The van der Waals surface area contributed by atoms with E-state index in [1.807, 2.05) is 6.07 Å². The molecule has 2 aromatic rings. The summed E-state index contributed by atoms with van der Waals surface area (Å²) >= 11 is 5.24. The molecule has 0 aliphatic heterocycles. The highest BCUT2D eigenvalue weighted by Gasteiger charge is 2.17. The smallest absolute Gasteiger partial charge is 0.0808 e. The Morgan fingerprint density at radius 2 is 2.00 bits per heavy atom. The molecule has 1 unspecified atom stereocenters. The van der Waals surface area contributed by atoms with E-state index in [-0.39, 0.29) is 6.04 Å². The van der Waals surface area contributed by atoms with Crippen molar-refractivity contribution in [3.63, 3.8) is 0 Å². The molecular formula is C13H15BrN2S. The monoisotopic (exact) mass is 310 g/mol. The molecule has 1 aromatic heterocycles. The van der Waals surface area contributed by atoms with Crippen molar-refractivity contribution in [2.45, 2.75) is 19.9 Å². The molecule has 0 spiro atoms. The van der Waals surface area contributed by atoms with Crippen molar-refractivity contribution in [3.05, 3.63) is 55.7 Å². The molecule has 0 aliphatic carbocycles. The van der Waals surface area contributed by atoms with E-state index in [1.54, 1.807) is 11.3 Å². The number of hydrogen-bond donors (Lipinski definition) is 2. The predicted molar refractivity (Wildman–Crippen MR) is 77.1 cm³/mol. The maximum atomic E-state index is 5.73. The van der Waals surface area contributed by atoms with Crippen molar-refractivity contribution in [2.75, 3.05) is 0 Å². The van der Waals surface area contributed by atoms with Crippen molar-refractivity contribution < 1.29 is 0 Å². The van der Waals surface area contributed by atoms with Gasteiger partial charge in [-0.05, 0) is 54.1 Å². The molecule has 0 amide bonds. The summed E-state index contributed by atoms with van der Waals surface area (Å²) in [7, 11) is 0. The van der Waals surface area contributed by atoms with Crippen LogP contribution in [0.2, 0.25) is 0 Å². The average molecular weight is 311 g/mol. The van der Waals surface area contributed by atoms with Crippen LogP contribution in [-0.2, 0) is 0 Å². The second-order valence-electron chi connectivity index (χ2n) is 4.07. The molecule has 4 heteroatoms. The second-order valence-corrected chi connectivity index (χ2v) is 5.93. The molecule has 1 heterocycles. The highest BCUT2D eigenvalue weighted by molar-refractivity contribution is 9.10. The Hall–Kier alpha value is -0.680. The van der Waals surface area contributed by atoms with Crippen LogP contribution in [0.1, 0.15) is 27.6 Å². The highest BCUT2D eigenvalue weighted by atomic mass is 79.9. The molecule has 0 saturated carbocycles. The highest BCUT2D eigenvalue weighted by Crippen LogP contribution is 2.31. The lowest BCUT2D eigenvalue weighted by molar-refractivity contribution is 0.640. The van der Waals surface area contributed by atoms with Crippen molar-refractivity contribution in [3.8, 4) is 0 Å². The topological polar surface area (TPSA) is 38.0 Å². The summed E-state index contributed by atoms with van der Waals surface area (Å²) < 4.78 is 1.08. The van der Waals surface area contributed by atoms with E-state index in [1.165, 1.54) is 21.6 Å². The molecule has 17 heavy (non-hydrogen) atoms. The molecule has 2 rings (SSSR count). The molecule has 0 saturated heterocycles. The molecule has 0 aliphatic rings. The fourth-order valence-corrected chi connectivity index (χ4v) is 3.29. The lowest BCUT2D eigenvalue weighted by Gasteiger charge is -2.18. The van der Waals surface area contributed by atoms with Crippen molar-refractivity contribution >= 4 is 27.3 Å². The Balaban J connectivity index is 2.49. The fraction of sp³-hybridized carbons (Fsp3) is 0.231. The number of hydrogen-bond acceptors (Lipinski definition) is 3. The van der Waals surface area contributed by atoms with Crippen LogP contribution < -0.4 is 11.3 Å². The van der Waals surface area contributed by atoms with Gasteiger partial charge in [0.2, 0.25) is 0 Å². The SMILES string of the molecule is Cc1ccc(Br)cc1C(NN)c1sccc1C. The largest absolute Gasteiger partial charge is 0.271 e. The number of nitrogens with two attached hydrogens (primary N) is 1. The van der Waals surface area contributed by atoms with Gasteiger partial charge < -0.3 is 0 Å². The Morgan fingerprint density at radius 3 is 2.59 bits per heavy atom. The van der Waals surface area contributed by atoms with Gasteiger partial charge in [0.1, 0.15) is 0 Å². The third kappa shape index (κ3) is 2.60. The van der Waals surface area contributed by atoms with Crippen LogP contribution in [0.4, 0.5) is 0 Å². The minimum atomic E-state index is 0.0625. The molecule has 2 nitrogen and oxygen atoms in total. The predicted octanol–water partition coefficient (Wildman–Crippen LogP) is 3.68. The maximum absolute atomic E-state index is 5.73. The lowest BCUT2D eigenvalue weighted by atomic mass is 9.99. The van der Waals surface area contributed by atoms with Gasteiger partial charge in [-0.2, -0.15) is 0 Å². The summed E-state index contributed by atoms with van der Waals surface area (Å²) in [6, 6.07) is 8.46. The molecule has 3 N–H and O–H groups in total. The third-order valence-electron chi connectivity index (χ3n) is 2.88. The summed E-state index contributed by atoms with van der Waals surface area (Å²) in [5, 5.41) is 2.10. The molecular weight excluding hydrogens is 296 g/mol. The molecule has 0 fully saturated rings. The van der Waals surface area contributed by atoms with Gasteiger partial charge in [-0.3, -0.25) is 5.84 Å². The van der Waals surface area contributed by atoms with Crippen LogP contribution in [0.5, 0.6) is 0 Å². The number of hydrazine groups is 1. The Morgan fingerprint density at radius 1 is 1.24 bits per heavy atom. The third-order valence-corrected chi connectivity index (χ3v) is 4.46. The van der Waals surface area contributed by atoms with Gasteiger partial charge >= 0.3 is 0 Å². The number of nitrogens with one attached hydrogen (secondary N) is 1. The number of aryl methyl sites for hydroxylation is 2. The van der Waals surface area contributed by atoms with Gasteiger partial charge in [0.15, 0.2) is 0 Å². The van der Waals surface area contributed by atoms with E-state index in [0.29, 0.717) is 0 Å².